The maximum atomic E-state index is 12.9. The third kappa shape index (κ3) is 3.00. The first-order valence-electron chi connectivity index (χ1n) is 7.86. The van der Waals surface area contributed by atoms with Gasteiger partial charge in [0.05, 0.1) is 24.7 Å². The zero-order valence-corrected chi connectivity index (χ0v) is 15.6. The molecular formula is C19H20BrNO3. The van der Waals surface area contributed by atoms with Crippen LogP contribution >= 0.6 is 15.9 Å². The molecule has 0 radical (unpaired) electrons. The lowest BCUT2D eigenvalue weighted by molar-refractivity contribution is 0.0677. The number of hydrogen-bond acceptors (Lipinski definition) is 3. The average molecular weight is 390 g/mol. The summed E-state index contributed by atoms with van der Waals surface area (Å²) >= 11 is 3.45. The molecule has 5 heteroatoms. The Hall–Kier alpha value is -2.01. The summed E-state index contributed by atoms with van der Waals surface area (Å²) < 4.78 is 11.3. The minimum Gasteiger partial charge on any atom is -0.497 e. The fourth-order valence-electron chi connectivity index (χ4n) is 3.18. The van der Waals surface area contributed by atoms with E-state index in [4.69, 9.17) is 9.47 Å². The van der Waals surface area contributed by atoms with Crippen molar-refractivity contribution in [1.29, 1.82) is 0 Å². The summed E-state index contributed by atoms with van der Waals surface area (Å²) in [5.41, 5.74) is 3.09. The SMILES string of the molecule is COc1ccc2c(c1)CCN(C(=O)c1ccc(OC)c(Br)c1)C2C. The van der Waals surface area contributed by atoms with Crippen molar-refractivity contribution >= 4 is 21.8 Å². The van der Waals surface area contributed by atoms with Crippen molar-refractivity contribution in [3.8, 4) is 11.5 Å². The quantitative estimate of drug-likeness (QED) is 0.788. The number of nitrogens with zero attached hydrogens (tertiary/aromatic N) is 1. The first kappa shape index (κ1) is 16.8. The molecule has 0 bridgehead atoms. The lowest BCUT2D eigenvalue weighted by Gasteiger charge is -2.35. The Labute approximate surface area is 150 Å². The number of amides is 1. The molecule has 1 amide bonds. The fourth-order valence-corrected chi connectivity index (χ4v) is 3.72. The maximum absolute atomic E-state index is 12.9. The van der Waals surface area contributed by atoms with Crippen LogP contribution in [0.1, 0.15) is 34.5 Å². The molecule has 126 valence electrons. The Balaban J connectivity index is 1.87. The second-order valence-corrected chi connectivity index (χ2v) is 6.69. The van der Waals surface area contributed by atoms with Crippen molar-refractivity contribution in [2.75, 3.05) is 20.8 Å². The minimum atomic E-state index is 0.0346. The fraction of sp³-hybridized carbons (Fsp3) is 0.316. The van der Waals surface area contributed by atoms with Gasteiger partial charge in [-0.05, 0) is 70.7 Å². The molecule has 2 aromatic rings. The van der Waals surface area contributed by atoms with E-state index < -0.39 is 0 Å². The van der Waals surface area contributed by atoms with Gasteiger partial charge in [-0.1, -0.05) is 6.07 Å². The Morgan fingerprint density at radius 3 is 2.62 bits per heavy atom. The van der Waals surface area contributed by atoms with Gasteiger partial charge in [-0.3, -0.25) is 4.79 Å². The first-order chi connectivity index (χ1) is 11.5. The number of fused-ring (bicyclic) bond motifs is 1. The van der Waals surface area contributed by atoms with E-state index in [1.165, 1.54) is 11.1 Å². The molecule has 0 aromatic heterocycles. The summed E-state index contributed by atoms with van der Waals surface area (Å²) in [6, 6.07) is 11.5. The largest absolute Gasteiger partial charge is 0.497 e. The van der Waals surface area contributed by atoms with Gasteiger partial charge >= 0.3 is 0 Å². The van der Waals surface area contributed by atoms with Crippen LogP contribution in [-0.2, 0) is 6.42 Å². The van der Waals surface area contributed by atoms with Crippen molar-refractivity contribution in [2.24, 2.45) is 0 Å². The monoisotopic (exact) mass is 389 g/mol. The molecule has 1 heterocycles. The van der Waals surface area contributed by atoms with Crippen LogP contribution in [0.25, 0.3) is 0 Å². The Morgan fingerprint density at radius 2 is 1.96 bits per heavy atom. The van der Waals surface area contributed by atoms with Crippen LogP contribution in [0.3, 0.4) is 0 Å². The number of ether oxygens (including phenoxy) is 2. The van der Waals surface area contributed by atoms with E-state index in [-0.39, 0.29) is 11.9 Å². The molecule has 4 nitrogen and oxygen atoms in total. The molecule has 3 rings (SSSR count). The highest BCUT2D eigenvalue weighted by atomic mass is 79.9. The van der Waals surface area contributed by atoms with E-state index in [9.17, 15) is 4.79 Å². The first-order valence-corrected chi connectivity index (χ1v) is 8.65. The predicted molar refractivity (Wildman–Crippen MR) is 96.8 cm³/mol. The van der Waals surface area contributed by atoms with Gasteiger partial charge in [-0.15, -0.1) is 0 Å². The summed E-state index contributed by atoms with van der Waals surface area (Å²) in [6.45, 7) is 2.77. The number of benzene rings is 2. The third-order valence-electron chi connectivity index (χ3n) is 4.55. The molecule has 2 aromatic carbocycles. The molecule has 1 unspecified atom stereocenters. The van der Waals surface area contributed by atoms with E-state index in [1.807, 2.05) is 29.2 Å². The van der Waals surface area contributed by atoms with Gasteiger partial charge in [-0.2, -0.15) is 0 Å². The number of carbonyl (C=O) groups is 1. The number of rotatable bonds is 3. The van der Waals surface area contributed by atoms with E-state index in [0.29, 0.717) is 12.1 Å². The molecule has 0 spiro atoms. The Bertz CT molecular complexity index is 775. The molecule has 0 saturated heterocycles. The number of halogens is 1. The van der Waals surface area contributed by atoms with Crippen molar-refractivity contribution in [2.45, 2.75) is 19.4 Å². The highest BCUT2D eigenvalue weighted by Gasteiger charge is 2.28. The lowest BCUT2D eigenvalue weighted by atomic mass is 9.92. The number of hydrogen-bond donors (Lipinski definition) is 0. The van der Waals surface area contributed by atoms with E-state index in [0.717, 1.165) is 22.4 Å². The van der Waals surface area contributed by atoms with Gasteiger partial charge in [0.15, 0.2) is 0 Å². The summed E-state index contributed by atoms with van der Waals surface area (Å²) in [6.07, 6.45) is 0.833. The van der Waals surface area contributed by atoms with E-state index in [1.54, 1.807) is 14.2 Å². The maximum Gasteiger partial charge on any atom is 0.254 e. The third-order valence-corrected chi connectivity index (χ3v) is 5.17. The van der Waals surface area contributed by atoms with Crippen molar-refractivity contribution in [3.63, 3.8) is 0 Å². The average Bonchev–Trinajstić information content (AvgIpc) is 2.61. The Kier molecular flexibility index (Phi) is 4.81. The smallest absolute Gasteiger partial charge is 0.254 e. The predicted octanol–water partition coefficient (Wildman–Crippen LogP) is 4.23. The van der Waals surface area contributed by atoms with Crippen LogP contribution in [-0.4, -0.2) is 31.6 Å². The highest BCUT2D eigenvalue weighted by Crippen LogP contribution is 2.33. The number of methoxy groups -OCH3 is 2. The summed E-state index contributed by atoms with van der Waals surface area (Å²) in [5.74, 6) is 1.61. The molecule has 0 N–H and O–H groups in total. The van der Waals surface area contributed by atoms with Crippen LogP contribution in [0, 0.1) is 0 Å². The van der Waals surface area contributed by atoms with Crippen molar-refractivity contribution < 1.29 is 14.3 Å². The van der Waals surface area contributed by atoms with Crippen LogP contribution in [0.15, 0.2) is 40.9 Å². The van der Waals surface area contributed by atoms with Crippen LogP contribution in [0.2, 0.25) is 0 Å². The van der Waals surface area contributed by atoms with Gasteiger partial charge in [-0.25, -0.2) is 0 Å². The molecule has 0 saturated carbocycles. The molecule has 24 heavy (non-hydrogen) atoms. The molecule has 0 aliphatic carbocycles. The van der Waals surface area contributed by atoms with Crippen molar-refractivity contribution in [3.05, 3.63) is 57.6 Å². The normalized spacial score (nSPS) is 16.5. The molecular weight excluding hydrogens is 370 g/mol. The standard InChI is InChI=1S/C19H20BrNO3/c1-12-16-6-5-15(23-2)10-13(16)8-9-21(12)19(22)14-4-7-18(24-3)17(20)11-14/h4-7,10-12H,8-9H2,1-3H3. The highest BCUT2D eigenvalue weighted by molar-refractivity contribution is 9.10. The van der Waals surface area contributed by atoms with E-state index in [2.05, 4.69) is 35.0 Å². The summed E-state index contributed by atoms with van der Waals surface area (Å²) in [7, 11) is 3.28. The van der Waals surface area contributed by atoms with Crippen LogP contribution < -0.4 is 9.47 Å². The van der Waals surface area contributed by atoms with Crippen molar-refractivity contribution in [1.82, 2.24) is 4.90 Å². The molecule has 1 aliphatic rings. The second kappa shape index (κ2) is 6.85. The second-order valence-electron chi connectivity index (χ2n) is 5.84. The van der Waals surface area contributed by atoms with Gasteiger partial charge in [0.1, 0.15) is 11.5 Å². The minimum absolute atomic E-state index is 0.0346. The zero-order chi connectivity index (χ0) is 17.3. The van der Waals surface area contributed by atoms with Gasteiger partial charge in [0.25, 0.3) is 5.91 Å². The zero-order valence-electron chi connectivity index (χ0n) is 14.0. The van der Waals surface area contributed by atoms with Crippen LogP contribution in [0.5, 0.6) is 11.5 Å². The van der Waals surface area contributed by atoms with E-state index >= 15 is 0 Å². The molecule has 0 fully saturated rings. The topological polar surface area (TPSA) is 38.8 Å². The summed E-state index contributed by atoms with van der Waals surface area (Å²) in [5, 5.41) is 0. The summed E-state index contributed by atoms with van der Waals surface area (Å²) in [4.78, 5) is 14.9. The lowest BCUT2D eigenvalue weighted by Crippen LogP contribution is -2.38. The Morgan fingerprint density at radius 1 is 1.17 bits per heavy atom. The van der Waals surface area contributed by atoms with Gasteiger partial charge in [0.2, 0.25) is 0 Å². The molecule has 1 atom stereocenters. The van der Waals surface area contributed by atoms with Gasteiger partial charge in [0, 0.05) is 12.1 Å². The van der Waals surface area contributed by atoms with Crippen LogP contribution in [0.4, 0.5) is 0 Å². The molecule has 1 aliphatic heterocycles. The van der Waals surface area contributed by atoms with Gasteiger partial charge < -0.3 is 14.4 Å². The number of carbonyl (C=O) groups excluding carboxylic acids is 1.